The number of amides is 1. The van der Waals surface area contributed by atoms with Gasteiger partial charge in [-0.1, -0.05) is 0 Å². The molecule has 1 saturated heterocycles. The van der Waals surface area contributed by atoms with Gasteiger partial charge in [0.15, 0.2) is 0 Å². The van der Waals surface area contributed by atoms with Crippen LogP contribution in [0.4, 0.5) is 0 Å². The lowest BCUT2D eigenvalue weighted by Crippen LogP contribution is -2.40. The summed E-state index contributed by atoms with van der Waals surface area (Å²) in [7, 11) is -0.826. The number of ether oxygens (including phenoxy) is 4. The van der Waals surface area contributed by atoms with Gasteiger partial charge in [-0.25, -0.2) is 13.1 Å². The zero-order valence-corrected chi connectivity index (χ0v) is 18.3. The van der Waals surface area contributed by atoms with Crippen molar-refractivity contribution in [3.05, 3.63) is 48.0 Å². The number of morpholine rings is 1. The standard InChI is InChI=1S/C21H26N2O7S/c1-27-16-3-5-17(6-4-16)30-12-9-22-31(25,26)18-7-8-20(28-2)19(15-18)21(24)23-10-13-29-14-11-23/h3-8,15,22H,9-14H2,1-2H3. The summed E-state index contributed by atoms with van der Waals surface area (Å²) in [6, 6.07) is 11.2. The molecule has 0 aromatic heterocycles. The molecule has 0 radical (unpaired) electrons. The maximum Gasteiger partial charge on any atom is 0.257 e. The van der Waals surface area contributed by atoms with Gasteiger partial charge >= 0.3 is 0 Å². The van der Waals surface area contributed by atoms with Gasteiger partial charge in [-0.05, 0) is 42.5 Å². The highest BCUT2D eigenvalue weighted by Crippen LogP contribution is 2.24. The van der Waals surface area contributed by atoms with Gasteiger partial charge in [-0.2, -0.15) is 0 Å². The third kappa shape index (κ3) is 5.87. The Morgan fingerprint density at radius 2 is 1.71 bits per heavy atom. The van der Waals surface area contributed by atoms with E-state index in [0.717, 1.165) is 0 Å². The van der Waals surface area contributed by atoms with E-state index in [9.17, 15) is 13.2 Å². The Labute approximate surface area is 181 Å². The zero-order chi connectivity index (χ0) is 22.3. The Hall–Kier alpha value is -2.82. The summed E-state index contributed by atoms with van der Waals surface area (Å²) in [5.41, 5.74) is 0.196. The normalized spacial score (nSPS) is 14.2. The average Bonchev–Trinajstić information content (AvgIpc) is 2.82. The van der Waals surface area contributed by atoms with Gasteiger partial charge in [-0.3, -0.25) is 4.79 Å². The molecule has 10 heteroatoms. The van der Waals surface area contributed by atoms with Crippen molar-refractivity contribution in [3.8, 4) is 17.2 Å². The van der Waals surface area contributed by atoms with Gasteiger partial charge < -0.3 is 23.8 Å². The topological polar surface area (TPSA) is 103 Å². The molecule has 2 aromatic carbocycles. The van der Waals surface area contributed by atoms with Crippen LogP contribution < -0.4 is 18.9 Å². The van der Waals surface area contributed by atoms with Crippen LogP contribution >= 0.6 is 0 Å². The zero-order valence-electron chi connectivity index (χ0n) is 17.5. The monoisotopic (exact) mass is 450 g/mol. The molecule has 0 atom stereocenters. The average molecular weight is 451 g/mol. The summed E-state index contributed by atoms with van der Waals surface area (Å²) in [6.45, 7) is 1.98. The van der Waals surface area contributed by atoms with Crippen molar-refractivity contribution in [3.63, 3.8) is 0 Å². The number of hydrogen-bond acceptors (Lipinski definition) is 7. The molecule has 31 heavy (non-hydrogen) atoms. The SMILES string of the molecule is COc1ccc(OCCNS(=O)(=O)c2ccc(OC)c(C(=O)N3CCOCC3)c2)cc1. The summed E-state index contributed by atoms with van der Waals surface area (Å²) in [4.78, 5) is 14.5. The molecule has 3 rings (SSSR count). The van der Waals surface area contributed by atoms with Gasteiger partial charge in [-0.15, -0.1) is 0 Å². The number of sulfonamides is 1. The van der Waals surface area contributed by atoms with Crippen LogP contribution in [0.5, 0.6) is 17.2 Å². The highest BCUT2D eigenvalue weighted by atomic mass is 32.2. The summed E-state index contributed by atoms with van der Waals surface area (Å²) in [5, 5.41) is 0. The minimum atomic E-state index is -3.84. The number of carbonyl (C=O) groups excluding carboxylic acids is 1. The molecule has 0 unspecified atom stereocenters. The molecule has 0 spiro atoms. The lowest BCUT2D eigenvalue weighted by Gasteiger charge is -2.27. The van der Waals surface area contributed by atoms with Crippen LogP contribution in [0, 0.1) is 0 Å². The van der Waals surface area contributed by atoms with E-state index >= 15 is 0 Å². The van der Waals surface area contributed by atoms with Gasteiger partial charge in [0.25, 0.3) is 5.91 Å². The van der Waals surface area contributed by atoms with Crippen molar-refractivity contribution in [2.45, 2.75) is 4.90 Å². The number of methoxy groups -OCH3 is 2. The predicted molar refractivity (Wildman–Crippen MR) is 113 cm³/mol. The second-order valence-corrected chi connectivity index (χ2v) is 8.46. The van der Waals surface area contributed by atoms with Gasteiger partial charge in [0.1, 0.15) is 23.9 Å². The first-order valence-electron chi connectivity index (χ1n) is 9.76. The van der Waals surface area contributed by atoms with Crippen molar-refractivity contribution < 1.29 is 32.2 Å². The lowest BCUT2D eigenvalue weighted by molar-refractivity contribution is 0.0300. The Morgan fingerprint density at radius 1 is 1.03 bits per heavy atom. The molecular formula is C21H26N2O7S. The van der Waals surface area contributed by atoms with Crippen LogP contribution in [-0.4, -0.2) is 72.9 Å². The molecule has 1 heterocycles. The third-order valence-electron chi connectivity index (χ3n) is 4.73. The Kier molecular flexibility index (Phi) is 7.72. The summed E-state index contributed by atoms with van der Waals surface area (Å²) >= 11 is 0. The first-order chi connectivity index (χ1) is 14.9. The first-order valence-corrected chi connectivity index (χ1v) is 11.2. The number of rotatable bonds is 9. The van der Waals surface area contributed by atoms with Gasteiger partial charge in [0.2, 0.25) is 10.0 Å². The predicted octanol–water partition coefficient (Wildman–Crippen LogP) is 1.53. The Bertz CT molecular complexity index is 987. The fourth-order valence-electron chi connectivity index (χ4n) is 3.06. The molecule has 1 amide bonds. The van der Waals surface area contributed by atoms with E-state index in [-0.39, 0.29) is 29.5 Å². The Balaban J connectivity index is 1.64. The second kappa shape index (κ2) is 10.5. The van der Waals surface area contributed by atoms with Crippen molar-refractivity contribution in [2.75, 3.05) is 53.7 Å². The van der Waals surface area contributed by atoms with E-state index in [4.69, 9.17) is 18.9 Å². The van der Waals surface area contributed by atoms with Crippen LogP contribution in [0.1, 0.15) is 10.4 Å². The number of hydrogen-bond donors (Lipinski definition) is 1. The first kappa shape index (κ1) is 22.9. The Morgan fingerprint density at radius 3 is 2.35 bits per heavy atom. The van der Waals surface area contributed by atoms with E-state index in [0.29, 0.717) is 43.6 Å². The molecule has 168 valence electrons. The van der Waals surface area contributed by atoms with Crippen molar-refractivity contribution in [1.82, 2.24) is 9.62 Å². The van der Waals surface area contributed by atoms with Crippen molar-refractivity contribution in [1.29, 1.82) is 0 Å². The van der Waals surface area contributed by atoms with E-state index in [1.807, 2.05) is 0 Å². The van der Waals surface area contributed by atoms with E-state index in [1.165, 1.54) is 25.3 Å². The maximum absolute atomic E-state index is 12.9. The molecule has 1 aliphatic heterocycles. The second-order valence-electron chi connectivity index (χ2n) is 6.69. The maximum atomic E-state index is 12.9. The number of benzene rings is 2. The molecule has 0 aliphatic carbocycles. The summed E-state index contributed by atoms with van der Waals surface area (Å²) < 4.78 is 49.1. The molecule has 1 N–H and O–H groups in total. The van der Waals surface area contributed by atoms with Crippen molar-refractivity contribution >= 4 is 15.9 Å². The van der Waals surface area contributed by atoms with Crippen LogP contribution in [0.15, 0.2) is 47.4 Å². The minimum absolute atomic E-state index is 0.0191. The van der Waals surface area contributed by atoms with Crippen LogP contribution in [0.2, 0.25) is 0 Å². The highest BCUT2D eigenvalue weighted by molar-refractivity contribution is 7.89. The number of carbonyl (C=O) groups is 1. The molecule has 0 bridgehead atoms. The summed E-state index contributed by atoms with van der Waals surface area (Å²) in [6.07, 6.45) is 0. The lowest BCUT2D eigenvalue weighted by atomic mass is 10.1. The molecule has 1 aliphatic rings. The molecule has 1 fully saturated rings. The van der Waals surface area contributed by atoms with Gasteiger partial charge in [0, 0.05) is 19.6 Å². The van der Waals surface area contributed by atoms with E-state index in [1.54, 1.807) is 36.3 Å². The highest BCUT2D eigenvalue weighted by Gasteiger charge is 2.24. The van der Waals surface area contributed by atoms with Crippen LogP contribution in [0.3, 0.4) is 0 Å². The molecule has 0 saturated carbocycles. The fraction of sp³-hybridized carbons (Fsp3) is 0.381. The molecular weight excluding hydrogens is 424 g/mol. The molecule has 2 aromatic rings. The fourth-order valence-corrected chi connectivity index (χ4v) is 4.10. The third-order valence-corrected chi connectivity index (χ3v) is 6.19. The quantitative estimate of drug-likeness (QED) is 0.578. The molecule has 9 nitrogen and oxygen atoms in total. The number of nitrogens with zero attached hydrogens (tertiary/aromatic N) is 1. The van der Waals surface area contributed by atoms with Crippen LogP contribution in [0.25, 0.3) is 0 Å². The van der Waals surface area contributed by atoms with Crippen LogP contribution in [-0.2, 0) is 14.8 Å². The van der Waals surface area contributed by atoms with E-state index in [2.05, 4.69) is 4.72 Å². The summed E-state index contributed by atoms with van der Waals surface area (Å²) in [5.74, 6) is 1.33. The minimum Gasteiger partial charge on any atom is -0.497 e. The smallest absolute Gasteiger partial charge is 0.257 e. The largest absolute Gasteiger partial charge is 0.497 e. The van der Waals surface area contributed by atoms with E-state index < -0.39 is 10.0 Å². The van der Waals surface area contributed by atoms with Crippen molar-refractivity contribution in [2.24, 2.45) is 0 Å². The number of nitrogens with one attached hydrogen (secondary N) is 1. The van der Waals surface area contributed by atoms with Gasteiger partial charge in [0.05, 0.1) is 37.9 Å².